The van der Waals surface area contributed by atoms with Crippen LogP contribution in [-0.2, 0) is 6.54 Å². The highest BCUT2D eigenvalue weighted by molar-refractivity contribution is 7.71. The molecule has 5 heteroatoms. The van der Waals surface area contributed by atoms with E-state index in [1.807, 2.05) is 0 Å². The molecule has 4 nitrogen and oxygen atoms in total. The molecule has 2 rings (SSSR count). The molecule has 0 bridgehead atoms. The van der Waals surface area contributed by atoms with Crippen molar-refractivity contribution in [2.45, 2.75) is 51.6 Å². The van der Waals surface area contributed by atoms with Crippen molar-refractivity contribution in [3.8, 4) is 0 Å². The van der Waals surface area contributed by atoms with Crippen molar-refractivity contribution < 1.29 is 0 Å². The predicted molar refractivity (Wildman–Crippen MR) is 71.8 cm³/mol. The minimum atomic E-state index is 0.414. The first kappa shape index (κ1) is 12.8. The van der Waals surface area contributed by atoms with Crippen molar-refractivity contribution in [3.63, 3.8) is 0 Å². The van der Waals surface area contributed by atoms with Crippen LogP contribution in [0.5, 0.6) is 0 Å². The fourth-order valence-electron chi connectivity index (χ4n) is 2.53. The van der Waals surface area contributed by atoms with Crippen LogP contribution < -0.4 is 0 Å². The lowest BCUT2D eigenvalue weighted by atomic mass is 10.0. The number of nitrogens with zero attached hydrogens (tertiary/aromatic N) is 3. The Bertz CT molecular complexity index is 420. The van der Waals surface area contributed by atoms with E-state index in [2.05, 4.69) is 40.6 Å². The summed E-state index contributed by atoms with van der Waals surface area (Å²) in [5, 5.41) is 7.25. The number of aromatic nitrogens is 3. The SMILES string of the molecule is CC(C)c1n[nH]c(=S)n1CC1CCCCN1C. The molecule has 0 amide bonds. The van der Waals surface area contributed by atoms with Crippen molar-refractivity contribution in [2.75, 3.05) is 13.6 Å². The molecule has 1 unspecified atom stereocenters. The Kier molecular flexibility index (Phi) is 3.99. The van der Waals surface area contributed by atoms with Gasteiger partial charge >= 0.3 is 0 Å². The maximum atomic E-state index is 5.33. The van der Waals surface area contributed by atoms with Crippen LogP contribution in [0.25, 0.3) is 0 Å². The van der Waals surface area contributed by atoms with Gasteiger partial charge in [0, 0.05) is 18.5 Å². The van der Waals surface area contributed by atoms with Crippen LogP contribution in [-0.4, -0.2) is 39.3 Å². The van der Waals surface area contributed by atoms with Gasteiger partial charge in [-0.1, -0.05) is 20.3 Å². The molecular formula is C12H22N4S. The van der Waals surface area contributed by atoms with E-state index in [-0.39, 0.29) is 0 Å². The van der Waals surface area contributed by atoms with Crippen LogP contribution in [0.3, 0.4) is 0 Å². The Hall–Kier alpha value is -0.680. The molecule has 1 aliphatic rings. The van der Waals surface area contributed by atoms with E-state index in [0.717, 1.165) is 17.1 Å². The number of hydrogen-bond acceptors (Lipinski definition) is 3. The first-order chi connectivity index (χ1) is 8.09. The smallest absolute Gasteiger partial charge is 0.195 e. The zero-order chi connectivity index (χ0) is 12.4. The molecule has 0 radical (unpaired) electrons. The fraction of sp³-hybridized carbons (Fsp3) is 0.833. The van der Waals surface area contributed by atoms with E-state index in [1.165, 1.54) is 25.8 Å². The summed E-state index contributed by atoms with van der Waals surface area (Å²) in [5.74, 6) is 1.49. The highest BCUT2D eigenvalue weighted by Crippen LogP contribution is 2.19. The maximum absolute atomic E-state index is 5.33. The minimum absolute atomic E-state index is 0.414. The van der Waals surface area contributed by atoms with Crippen LogP contribution in [0.4, 0.5) is 0 Å². The largest absolute Gasteiger partial charge is 0.302 e. The highest BCUT2D eigenvalue weighted by atomic mass is 32.1. The van der Waals surface area contributed by atoms with Crippen LogP contribution in [0.2, 0.25) is 0 Å². The molecule has 0 saturated carbocycles. The Morgan fingerprint density at radius 1 is 1.47 bits per heavy atom. The third kappa shape index (κ3) is 2.77. The van der Waals surface area contributed by atoms with E-state index >= 15 is 0 Å². The zero-order valence-corrected chi connectivity index (χ0v) is 11.8. The van der Waals surface area contributed by atoms with Gasteiger partial charge in [0.25, 0.3) is 0 Å². The molecule has 0 aromatic carbocycles. The van der Waals surface area contributed by atoms with Gasteiger partial charge in [0.05, 0.1) is 0 Å². The molecule has 17 heavy (non-hydrogen) atoms. The summed E-state index contributed by atoms with van der Waals surface area (Å²) in [7, 11) is 2.21. The topological polar surface area (TPSA) is 36.9 Å². The number of hydrogen-bond donors (Lipinski definition) is 1. The van der Waals surface area contributed by atoms with Crippen LogP contribution in [0.1, 0.15) is 44.9 Å². The summed E-state index contributed by atoms with van der Waals surface area (Å²) in [4.78, 5) is 2.45. The summed E-state index contributed by atoms with van der Waals surface area (Å²) >= 11 is 5.33. The molecule has 1 fully saturated rings. The van der Waals surface area contributed by atoms with Crippen LogP contribution in [0, 0.1) is 4.77 Å². The van der Waals surface area contributed by atoms with E-state index in [0.29, 0.717) is 12.0 Å². The molecule has 0 aliphatic carbocycles. The summed E-state index contributed by atoms with van der Waals surface area (Å²) in [5.41, 5.74) is 0. The standard InChI is InChI=1S/C12H22N4S/c1-9(2)11-13-14-12(17)16(11)8-10-6-4-5-7-15(10)3/h9-10H,4-8H2,1-3H3,(H,14,17). The third-order valence-corrected chi connectivity index (χ3v) is 3.93. The number of piperidine rings is 1. The molecule has 1 aliphatic heterocycles. The Morgan fingerprint density at radius 3 is 2.88 bits per heavy atom. The maximum Gasteiger partial charge on any atom is 0.195 e. The highest BCUT2D eigenvalue weighted by Gasteiger charge is 2.21. The summed E-state index contributed by atoms with van der Waals surface area (Å²) < 4.78 is 2.93. The van der Waals surface area contributed by atoms with Gasteiger partial charge in [-0.3, -0.25) is 5.10 Å². The number of rotatable bonds is 3. The molecule has 1 atom stereocenters. The Balaban J connectivity index is 2.17. The quantitative estimate of drug-likeness (QED) is 0.842. The van der Waals surface area contributed by atoms with Crippen molar-refractivity contribution in [2.24, 2.45) is 0 Å². The summed E-state index contributed by atoms with van der Waals surface area (Å²) in [6, 6.07) is 0.602. The average Bonchev–Trinajstić information content (AvgIpc) is 2.64. The lowest BCUT2D eigenvalue weighted by molar-refractivity contribution is 0.165. The number of aromatic amines is 1. The lowest BCUT2D eigenvalue weighted by Crippen LogP contribution is -2.39. The monoisotopic (exact) mass is 254 g/mol. The first-order valence-corrected chi connectivity index (χ1v) is 6.85. The zero-order valence-electron chi connectivity index (χ0n) is 10.9. The fourth-order valence-corrected chi connectivity index (χ4v) is 2.75. The molecule has 1 saturated heterocycles. The van der Waals surface area contributed by atoms with Gasteiger partial charge in [-0.25, -0.2) is 0 Å². The minimum Gasteiger partial charge on any atom is -0.302 e. The van der Waals surface area contributed by atoms with Crippen molar-refractivity contribution in [1.29, 1.82) is 0 Å². The second-order valence-electron chi connectivity index (χ2n) is 5.28. The van der Waals surface area contributed by atoms with Crippen LogP contribution in [0.15, 0.2) is 0 Å². The Morgan fingerprint density at radius 2 is 2.24 bits per heavy atom. The van der Waals surface area contributed by atoms with Crippen molar-refractivity contribution in [3.05, 3.63) is 10.6 Å². The van der Waals surface area contributed by atoms with E-state index in [4.69, 9.17) is 12.2 Å². The number of nitrogens with one attached hydrogen (secondary N) is 1. The van der Waals surface area contributed by atoms with Gasteiger partial charge in [-0.2, -0.15) is 5.10 Å². The van der Waals surface area contributed by atoms with Gasteiger partial charge in [-0.15, -0.1) is 0 Å². The van der Waals surface area contributed by atoms with Gasteiger partial charge in [0.15, 0.2) is 4.77 Å². The molecule has 96 valence electrons. The van der Waals surface area contributed by atoms with Crippen LogP contribution >= 0.6 is 12.2 Å². The van der Waals surface area contributed by atoms with E-state index in [9.17, 15) is 0 Å². The van der Waals surface area contributed by atoms with Gasteiger partial charge in [-0.05, 0) is 38.7 Å². The lowest BCUT2D eigenvalue weighted by Gasteiger charge is -2.32. The molecule has 1 aromatic rings. The van der Waals surface area contributed by atoms with Crippen molar-refractivity contribution in [1.82, 2.24) is 19.7 Å². The molecule has 0 spiro atoms. The summed E-state index contributed by atoms with van der Waals surface area (Å²) in [6.07, 6.45) is 3.92. The normalized spacial score (nSPS) is 22.2. The van der Waals surface area contributed by atoms with Gasteiger partial charge in [0.2, 0.25) is 0 Å². The second-order valence-corrected chi connectivity index (χ2v) is 5.67. The molecule has 2 heterocycles. The van der Waals surface area contributed by atoms with E-state index in [1.54, 1.807) is 0 Å². The Labute approximate surface area is 108 Å². The number of likely N-dealkylation sites (tertiary alicyclic amines) is 1. The number of H-pyrrole nitrogens is 1. The molecule has 1 aromatic heterocycles. The second kappa shape index (κ2) is 5.31. The van der Waals surface area contributed by atoms with E-state index < -0.39 is 0 Å². The third-order valence-electron chi connectivity index (χ3n) is 3.62. The number of likely N-dealkylation sites (N-methyl/N-ethyl adjacent to an activating group) is 1. The first-order valence-electron chi connectivity index (χ1n) is 6.45. The molecule has 1 N–H and O–H groups in total. The average molecular weight is 254 g/mol. The van der Waals surface area contributed by atoms with Crippen molar-refractivity contribution >= 4 is 12.2 Å². The predicted octanol–water partition coefficient (Wildman–Crippen LogP) is 2.55. The van der Waals surface area contributed by atoms with Gasteiger partial charge < -0.3 is 9.47 Å². The van der Waals surface area contributed by atoms with Gasteiger partial charge in [0.1, 0.15) is 5.82 Å². The summed E-state index contributed by atoms with van der Waals surface area (Å²) in [6.45, 7) is 6.49. The molecular weight excluding hydrogens is 232 g/mol.